The summed E-state index contributed by atoms with van der Waals surface area (Å²) >= 11 is 1.87. The Kier molecular flexibility index (Phi) is 6.87. The van der Waals surface area contributed by atoms with Crippen molar-refractivity contribution in [1.29, 1.82) is 0 Å². The molecule has 0 amide bonds. The van der Waals surface area contributed by atoms with E-state index in [-0.39, 0.29) is 0 Å². The molecule has 0 bridgehead atoms. The zero-order chi connectivity index (χ0) is 38.7. The first-order chi connectivity index (χ1) is 29.3. The van der Waals surface area contributed by atoms with Crippen molar-refractivity contribution < 1.29 is 0 Å². The Balaban J connectivity index is 1.16. The van der Waals surface area contributed by atoms with Crippen molar-refractivity contribution in [3.05, 3.63) is 235 Å². The zero-order valence-corrected chi connectivity index (χ0v) is 32.9. The van der Waals surface area contributed by atoms with Gasteiger partial charge >= 0.3 is 0 Å². The van der Waals surface area contributed by atoms with Crippen LogP contribution in [0.3, 0.4) is 0 Å². The summed E-state index contributed by atoms with van der Waals surface area (Å²) < 4.78 is 2.61. The van der Waals surface area contributed by atoms with Crippen LogP contribution in [0.5, 0.6) is 0 Å². The Hall–Kier alpha value is -7.26. The molecule has 0 saturated carbocycles. The minimum atomic E-state index is -0.580. The third-order valence-electron chi connectivity index (χ3n) is 13.0. The molecule has 1 spiro atoms. The van der Waals surface area contributed by atoms with Crippen molar-refractivity contribution in [1.82, 2.24) is 0 Å². The molecule has 2 aliphatic rings. The van der Waals surface area contributed by atoms with Crippen LogP contribution in [0.15, 0.2) is 212 Å². The maximum atomic E-state index is 2.50. The first kappa shape index (κ1) is 32.8. The van der Waals surface area contributed by atoms with Crippen molar-refractivity contribution in [2.45, 2.75) is 5.41 Å². The molecule has 274 valence electrons. The highest BCUT2D eigenvalue weighted by Gasteiger charge is 2.48. The lowest BCUT2D eigenvalue weighted by Crippen LogP contribution is -2.36. The van der Waals surface area contributed by atoms with E-state index in [4.69, 9.17) is 0 Å². The molecule has 59 heavy (non-hydrogen) atoms. The SMILES string of the molecule is c1ccc(-c2ccc3c(c2)C2(c4ccccc4-c4cccc5cccc2c45)c2cccc4c(N(c5ccccc5)c5ccc6c(c5)sc5ccccc56)ccc-3c24)cc1. The van der Waals surface area contributed by atoms with Gasteiger partial charge in [0.05, 0.1) is 11.1 Å². The Morgan fingerprint density at radius 1 is 0.339 bits per heavy atom. The third kappa shape index (κ3) is 4.50. The van der Waals surface area contributed by atoms with E-state index in [0.717, 1.165) is 11.4 Å². The van der Waals surface area contributed by atoms with Crippen molar-refractivity contribution in [2.75, 3.05) is 4.90 Å². The van der Waals surface area contributed by atoms with Crippen LogP contribution in [0, 0.1) is 0 Å². The number of thiophene rings is 1. The van der Waals surface area contributed by atoms with Crippen LogP contribution in [0.1, 0.15) is 22.3 Å². The van der Waals surface area contributed by atoms with E-state index in [1.807, 2.05) is 11.3 Å². The fourth-order valence-electron chi connectivity index (χ4n) is 10.7. The number of anilines is 3. The maximum absolute atomic E-state index is 2.50. The van der Waals surface area contributed by atoms with Crippen LogP contribution in [-0.2, 0) is 5.41 Å². The highest BCUT2D eigenvalue weighted by Crippen LogP contribution is 2.62. The quantitative estimate of drug-likeness (QED) is 0.172. The summed E-state index contributed by atoms with van der Waals surface area (Å²) in [5, 5.41) is 7.77. The summed E-state index contributed by atoms with van der Waals surface area (Å²) in [4.78, 5) is 2.47. The van der Waals surface area contributed by atoms with Gasteiger partial charge in [-0.1, -0.05) is 170 Å². The molecule has 0 N–H and O–H groups in total. The summed E-state index contributed by atoms with van der Waals surface area (Å²) in [7, 11) is 0. The summed E-state index contributed by atoms with van der Waals surface area (Å²) in [6.07, 6.45) is 0. The van der Waals surface area contributed by atoms with E-state index in [9.17, 15) is 0 Å². The lowest BCUT2D eigenvalue weighted by molar-refractivity contribution is 0.755. The smallest absolute Gasteiger partial charge is 0.0726 e. The van der Waals surface area contributed by atoms with Gasteiger partial charge in [0.1, 0.15) is 0 Å². The summed E-state index contributed by atoms with van der Waals surface area (Å²) in [5.41, 5.74) is 15.8. The average molecular weight is 766 g/mol. The van der Waals surface area contributed by atoms with E-state index < -0.39 is 5.41 Å². The Morgan fingerprint density at radius 2 is 0.966 bits per heavy atom. The highest BCUT2D eigenvalue weighted by atomic mass is 32.1. The number of rotatable bonds is 4. The third-order valence-corrected chi connectivity index (χ3v) is 14.2. The molecule has 0 radical (unpaired) electrons. The molecule has 2 aliphatic carbocycles. The normalized spacial score (nSPS) is 14.8. The molecule has 1 atom stereocenters. The molecular weight excluding hydrogens is 731 g/mol. The Bertz CT molecular complexity index is 3500. The van der Waals surface area contributed by atoms with Gasteiger partial charge in [-0.2, -0.15) is 0 Å². The van der Waals surface area contributed by atoms with Crippen molar-refractivity contribution in [3.63, 3.8) is 0 Å². The van der Waals surface area contributed by atoms with Gasteiger partial charge in [-0.25, -0.2) is 0 Å². The van der Waals surface area contributed by atoms with E-state index in [2.05, 4.69) is 217 Å². The zero-order valence-electron chi connectivity index (χ0n) is 32.1. The van der Waals surface area contributed by atoms with Crippen molar-refractivity contribution in [3.8, 4) is 33.4 Å². The maximum Gasteiger partial charge on any atom is 0.0726 e. The second kappa shape index (κ2) is 12.4. The van der Waals surface area contributed by atoms with Gasteiger partial charge in [0, 0.05) is 36.9 Å². The van der Waals surface area contributed by atoms with Crippen LogP contribution in [-0.4, -0.2) is 0 Å². The molecule has 13 rings (SSSR count). The van der Waals surface area contributed by atoms with Gasteiger partial charge in [0.25, 0.3) is 0 Å². The van der Waals surface area contributed by atoms with Crippen LogP contribution < -0.4 is 4.90 Å². The van der Waals surface area contributed by atoms with Crippen LogP contribution in [0.2, 0.25) is 0 Å². The molecule has 0 aliphatic heterocycles. The second-order valence-corrected chi connectivity index (χ2v) is 17.0. The van der Waals surface area contributed by atoms with E-state index in [1.165, 1.54) is 103 Å². The lowest BCUT2D eigenvalue weighted by atomic mass is 9.55. The number of benzene rings is 10. The standard InChI is InChI=1S/C57H35NS/c1-3-14-36(15-4-1)38-28-30-42-46-32-33-52(58(39-18-5-2-6-19-39)40-29-31-44-43-21-8-10-27-53(43)59-54(44)35-40)47-23-13-26-50(56(46)47)57(51(42)34-38)48-24-9-7-20-41(48)45-22-11-16-37-17-12-25-49(57)55(37)45/h1-35H. The fraction of sp³-hybridized carbons (Fsp3) is 0.0175. The van der Waals surface area contributed by atoms with Gasteiger partial charge in [-0.15, -0.1) is 11.3 Å². The van der Waals surface area contributed by atoms with Gasteiger partial charge in [-0.3, -0.25) is 0 Å². The first-order valence-corrected chi connectivity index (χ1v) is 21.2. The van der Waals surface area contributed by atoms with Crippen LogP contribution >= 0.6 is 11.3 Å². The van der Waals surface area contributed by atoms with Gasteiger partial charge in [-0.05, 0) is 114 Å². The molecular formula is C57H35NS. The number of hydrogen-bond donors (Lipinski definition) is 0. The van der Waals surface area contributed by atoms with Crippen LogP contribution in [0.4, 0.5) is 17.1 Å². The first-order valence-electron chi connectivity index (χ1n) is 20.4. The lowest BCUT2D eigenvalue weighted by Gasteiger charge is -2.46. The average Bonchev–Trinajstić information content (AvgIpc) is 3.68. The Morgan fingerprint density at radius 3 is 1.85 bits per heavy atom. The van der Waals surface area contributed by atoms with E-state index in [0.29, 0.717) is 0 Å². The summed E-state index contributed by atoms with van der Waals surface area (Å²) in [6, 6.07) is 79.6. The van der Waals surface area contributed by atoms with Crippen LogP contribution in [0.25, 0.3) is 75.1 Å². The number of nitrogens with zero attached hydrogens (tertiary/aromatic N) is 1. The molecule has 10 aromatic carbocycles. The molecule has 1 nitrogen and oxygen atoms in total. The largest absolute Gasteiger partial charge is 0.310 e. The minimum Gasteiger partial charge on any atom is -0.310 e. The highest BCUT2D eigenvalue weighted by molar-refractivity contribution is 7.25. The van der Waals surface area contributed by atoms with Gasteiger partial charge in [0.2, 0.25) is 0 Å². The van der Waals surface area contributed by atoms with Gasteiger partial charge < -0.3 is 4.90 Å². The summed E-state index contributed by atoms with van der Waals surface area (Å²) in [6.45, 7) is 0. The molecule has 2 heteroatoms. The predicted molar refractivity (Wildman–Crippen MR) is 251 cm³/mol. The van der Waals surface area contributed by atoms with E-state index in [1.54, 1.807) is 0 Å². The molecule has 1 aromatic heterocycles. The number of fused-ring (bicyclic) bond motifs is 11. The number of hydrogen-bond acceptors (Lipinski definition) is 2. The monoisotopic (exact) mass is 765 g/mol. The molecule has 0 saturated heterocycles. The van der Waals surface area contributed by atoms with Gasteiger partial charge in [0.15, 0.2) is 0 Å². The second-order valence-electron chi connectivity index (χ2n) is 15.9. The molecule has 1 heterocycles. The predicted octanol–water partition coefficient (Wildman–Crippen LogP) is 15.8. The number of para-hydroxylation sites is 1. The molecule has 11 aromatic rings. The van der Waals surface area contributed by atoms with E-state index >= 15 is 0 Å². The topological polar surface area (TPSA) is 3.24 Å². The van der Waals surface area contributed by atoms with Crippen molar-refractivity contribution >= 4 is 70.1 Å². The minimum absolute atomic E-state index is 0.580. The molecule has 1 unspecified atom stereocenters. The van der Waals surface area contributed by atoms with Crippen molar-refractivity contribution in [2.24, 2.45) is 0 Å². The fourth-order valence-corrected chi connectivity index (χ4v) is 11.8. The summed E-state index contributed by atoms with van der Waals surface area (Å²) in [5.74, 6) is 0. The Labute approximate surface area is 346 Å². The molecule has 0 fully saturated rings.